The average molecular weight is 276 g/mol. The maximum atomic E-state index is 12.2. The van der Waals surface area contributed by atoms with Gasteiger partial charge in [-0.1, -0.05) is 0 Å². The fourth-order valence-corrected chi connectivity index (χ4v) is 2.41. The highest BCUT2D eigenvalue weighted by molar-refractivity contribution is 7.11. The van der Waals surface area contributed by atoms with Gasteiger partial charge >= 0.3 is 0 Å². The molecule has 2 rings (SSSR count). The first-order valence-electron chi connectivity index (χ1n) is 5.90. The van der Waals surface area contributed by atoms with E-state index in [1.165, 1.54) is 0 Å². The van der Waals surface area contributed by atoms with Crippen molar-refractivity contribution in [2.45, 2.75) is 13.5 Å². The monoisotopic (exact) mass is 276 g/mol. The smallest absolute Gasteiger partial charge is 0.255 e. The molecule has 0 atom stereocenters. The zero-order chi connectivity index (χ0) is 13.8. The standard InChI is InChI=1S/C13H16N4OS/c1-9-15-7-10(19-9)8-16-13(18)11-5-4-6-14-12(11)17(2)3/h4-7H,8H2,1-3H3,(H,16,18). The number of nitrogens with zero attached hydrogens (tertiary/aromatic N) is 3. The Kier molecular flexibility index (Phi) is 4.11. The number of aromatic nitrogens is 2. The number of hydrogen-bond acceptors (Lipinski definition) is 5. The van der Waals surface area contributed by atoms with E-state index in [-0.39, 0.29) is 5.91 Å². The first-order valence-corrected chi connectivity index (χ1v) is 6.71. The summed E-state index contributed by atoms with van der Waals surface area (Å²) >= 11 is 1.58. The van der Waals surface area contributed by atoms with Crippen molar-refractivity contribution in [1.82, 2.24) is 15.3 Å². The summed E-state index contributed by atoms with van der Waals surface area (Å²) in [6.07, 6.45) is 3.47. The molecule has 0 saturated heterocycles. The van der Waals surface area contributed by atoms with Crippen LogP contribution in [0.1, 0.15) is 20.2 Å². The highest BCUT2D eigenvalue weighted by Crippen LogP contribution is 2.15. The number of carbonyl (C=O) groups excluding carboxylic acids is 1. The lowest BCUT2D eigenvalue weighted by molar-refractivity contribution is 0.0951. The third-order valence-electron chi connectivity index (χ3n) is 2.55. The summed E-state index contributed by atoms with van der Waals surface area (Å²) < 4.78 is 0. The molecule has 100 valence electrons. The summed E-state index contributed by atoms with van der Waals surface area (Å²) in [7, 11) is 3.73. The van der Waals surface area contributed by atoms with E-state index in [1.54, 1.807) is 35.9 Å². The SMILES string of the molecule is Cc1ncc(CNC(=O)c2cccnc2N(C)C)s1. The van der Waals surface area contributed by atoms with Crippen LogP contribution in [0, 0.1) is 6.92 Å². The number of pyridine rings is 1. The van der Waals surface area contributed by atoms with E-state index in [4.69, 9.17) is 0 Å². The van der Waals surface area contributed by atoms with Gasteiger partial charge in [0.15, 0.2) is 0 Å². The van der Waals surface area contributed by atoms with Crippen molar-refractivity contribution in [3.05, 3.63) is 40.0 Å². The van der Waals surface area contributed by atoms with E-state index >= 15 is 0 Å². The van der Waals surface area contributed by atoms with E-state index < -0.39 is 0 Å². The highest BCUT2D eigenvalue weighted by atomic mass is 32.1. The molecule has 0 aliphatic carbocycles. The summed E-state index contributed by atoms with van der Waals surface area (Å²) in [5.41, 5.74) is 0.578. The van der Waals surface area contributed by atoms with Crippen molar-refractivity contribution >= 4 is 23.1 Å². The topological polar surface area (TPSA) is 58.1 Å². The first kappa shape index (κ1) is 13.5. The van der Waals surface area contributed by atoms with Crippen molar-refractivity contribution in [2.24, 2.45) is 0 Å². The molecule has 0 aliphatic heterocycles. The number of aryl methyl sites for hydroxylation is 1. The number of thiazole rings is 1. The van der Waals surface area contributed by atoms with Crippen LogP contribution in [-0.2, 0) is 6.54 Å². The van der Waals surface area contributed by atoms with Crippen LogP contribution in [0.2, 0.25) is 0 Å². The lowest BCUT2D eigenvalue weighted by Crippen LogP contribution is -2.25. The number of carbonyl (C=O) groups is 1. The molecule has 0 aliphatic rings. The number of rotatable bonds is 4. The first-order chi connectivity index (χ1) is 9.08. The number of hydrogen-bond donors (Lipinski definition) is 1. The fourth-order valence-electron chi connectivity index (χ4n) is 1.68. The molecule has 0 radical (unpaired) electrons. The second-order valence-electron chi connectivity index (χ2n) is 4.30. The van der Waals surface area contributed by atoms with Crippen molar-refractivity contribution in [3.8, 4) is 0 Å². The Bertz CT molecular complexity index is 580. The summed E-state index contributed by atoms with van der Waals surface area (Å²) in [6, 6.07) is 3.54. The third kappa shape index (κ3) is 3.29. The molecule has 1 N–H and O–H groups in total. The lowest BCUT2D eigenvalue weighted by atomic mass is 10.2. The van der Waals surface area contributed by atoms with Crippen LogP contribution < -0.4 is 10.2 Å². The lowest BCUT2D eigenvalue weighted by Gasteiger charge is -2.15. The Morgan fingerprint density at radius 2 is 2.21 bits per heavy atom. The normalized spacial score (nSPS) is 10.3. The van der Waals surface area contributed by atoms with Crippen LogP contribution in [0.5, 0.6) is 0 Å². The minimum absolute atomic E-state index is 0.122. The van der Waals surface area contributed by atoms with Gasteiger partial charge in [-0.05, 0) is 19.1 Å². The summed E-state index contributed by atoms with van der Waals surface area (Å²) in [5, 5.41) is 3.89. The van der Waals surface area contributed by atoms with Crippen LogP contribution in [0.3, 0.4) is 0 Å². The molecule has 6 heteroatoms. The third-order valence-corrected chi connectivity index (χ3v) is 3.46. The van der Waals surface area contributed by atoms with Crippen LogP contribution >= 0.6 is 11.3 Å². The number of amides is 1. The number of nitrogens with one attached hydrogen (secondary N) is 1. The van der Waals surface area contributed by atoms with Gasteiger partial charge in [0.05, 0.1) is 17.1 Å². The van der Waals surface area contributed by atoms with E-state index in [0.717, 1.165) is 9.88 Å². The second kappa shape index (κ2) is 5.79. The van der Waals surface area contributed by atoms with Crippen LogP contribution in [0.4, 0.5) is 5.82 Å². The Labute approximate surface area is 116 Å². The Balaban J connectivity index is 2.08. The molecule has 0 spiro atoms. The Morgan fingerprint density at radius 1 is 1.42 bits per heavy atom. The minimum atomic E-state index is -0.122. The maximum absolute atomic E-state index is 12.2. The molecule has 0 aromatic carbocycles. The van der Waals surface area contributed by atoms with E-state index in [9.17, 15) is 4.79 Å². The van der Waals surface area contributed by atoms with Gasteiger partial charge in [-0.25, -0.2) is 9.97 Å². The molecule has 2 aromatic rings. The van der Waals surface area contributed by atoms with Crippen molar-refractivity contribution in [2.75, 3.05) is 19.0 Å². The van der Waals surface area contributed by atoms with E-state index in [0.29, 0.717) is 17.9 Å². The molecule has 5 nitrogen and oxygen atoms in total. The second-order valence-corrected chi connectivity index (χ2v) is 5.62. The molecular weight excluding hydrogens is 260 g/mol. The van der Waals surface area contributed by atoms with Crippen LogP contribution in [0.25, 0.3) is 0 Å². The quantitative estimate of drug-likeness (QED) is 0.925. The summed E-state index contributed by atoms with van der Waals surface area (Å²) in [6.45, 7) is 2.44. The van der Waals surface area contributed by atoms with Gasteiger partial charge in [-0.2, -0.15) is 0 Å². The highest BCUT2D eigenvalue weighted by Gasteiger charge is 2.13. The predicted molar refractivity (Wildman–Crippen MR) is 76.6 cm³/mol. The van der Waals surface area contributed by atoms with Gasteiger partial charge in [-0.3, -0.25) is 4.79 Å². The predicted octanol–water partition coefficient (Wildman–Crippen LogP) is 1.84. The molecular formula is C13H16N4OS. The van der Waals surface area contributed by atoms with Gasteiger partial charge < -0.3 is 10.2 Å². The molecule has 1 amide bonds. The van der Waals surface area contributed by atoms with Crippen molar-refractivity contribution in [1.29, 1.82) is 0 Å². The van der Waals surface area contributed by atoms with Gasteiger partial charge in [-0.15, -0.1) is 11.3 Å². The molecule has 0 unspecified atom stereocenters. The molecule has 2 aromatic heterocycles. The molecule has 0 fully saturated rings. The zero-order valence-corrected chi connectivity index (χ0v) is 12.0. The van der Waals surface area contributed by atoms with E-state index in [2.05, 4.69) is 15.3 Å². The number of anilines is 1. The summed E-state index contributed by atoms with van der Waals surface area (Å²) in [4.78, 5) is 23.4. The fraction of sp³-hybridized carbons (Fsp3) is 0.308. The maximum Gasteiger partial charge on any atom is 0.255 e. The van der Waals surface area contributed by atoms with E-state index in [1.807, 2.05) is 25.9 Å². The molecule has 2 heterocycles. The Morgan fingerprint density at radius 3 is 2.84 bits per heavy atom. The van der Waals surface area contributed by atoms with Crippen molar-refractivity contribution in [3.63, 3.8) is 0 Å². The molecule has 0 saturated carbocycles. The largest absolute Gasteiger partial charge is 0.362 e. The average Bonchev–Trinajstić information content (AvgIpc) is 2.81. The van der Waals surface area contributed by atoms with Gasteiger partial charge in [0.2, 0.25) is 0 Å². The minimum Gasteiger partial charge on any atom is -0.362 e. The zero-order valence-electron chi connectivity index (χ0n) is 11.2. The Hall–Kier alpha value is -1.95. The van der Waals surface area contributed by atoms with Gasteiger partial charge in [0.1, 0.15) is 5.82 Å². The molecule has 19 heavy (non-hydrogen) atoms. The van der Waals surface area contributed by atoms with Gasteiger partial charge in [0, 0.05) is 31.4 Å². The van der Waals surface area contributed by atoms with Crippen LogP contribution in [-0.4, -0.2) is 30.0 Å². The molecule has 0 bridgehead atoms. The summed E-state index contributed by atoms with van der Waals surface area (Å²) in [5.74, 6) is 0.545. The van der Waals surface area contributed by atoms with Gasteiger partial charge in [0.25, 0.3) is 5.91 Å². The van der Waals surface area contributed by atoms with Crippen molar-refractivity contribution < 1.29 is 4.79 Å². The van der Waals surface area contributed by atoms with Crippen LogP contribution in [0.15, 0.2) is 24.5 Å².